The topological polar surface area (TPSA) is 161 Å². The number of ether oxygens (including phenoxy) is 6. The molecule has 2 amide bonds. The standard InChI is InChI=1S/C23H35N3O5.C14H22FNO4/c1-5-30-20(28)14-15-24-19(27)11-7-6-10-18-13-12-17-9-8-16-26(21(17)25-18)22(29)31-23(2,3)4;15-13-3-1-2-4-14(13)20-12-11-19-10-9-18-8-7-17-6-5-16/h12-13H,5-11,14-16H2,1-4H3,(H,24,27);1-4H,5-12,16H2. The van der Waals surface area contributed by atoms with Crippen LogP contribution in [0, 0.1) is 5.82 Å². The highest BCUT2D eigenvalue weighted by atomic mass is 19.1. The lowest BCUT2D eigenvalue weighted by Gasteiger charge is -2.31. The van der Waals surface area contributed by atoms with Crippen molar-refractivity contribution in [3.05, 3.63) is 53.5 Å². The lowest BCUT2D eigenvalue weighted by molar-refractivity contribution is -0.143. The molecule has 0 saturated carbocycles. The number of carbonyl (C=O) groups excluding carboxylic acids is 3. The Morgan fingerprint density at radius 3 is 2.27 bits per heavy atom. The number of esters is 1. The highest BCUT2D eigenvalue weighted by molar-refractivity contribution is 5.88. The Morgan fingerprint density at radius 1 is 0.922 bits per heavy atom. The van der Waals surface area contributed by atoms with Gasteiger partial charge in [-0.3, -0.25) is 14.5 Å². The number of benzene rings is 1. The van der Waals surface area contributed by atoms with Crippen LogP contribution < -0.4 is 20.7 Å². The van der Waals surface area contributed by atoms with Crippen molar-refractivity contribution in [2.75, 3.05) is 77.4 Å². The Hall–Kier alpha value is -3.85. The van der Waals surface area contributed by atoms with Crippen LogP contribution in [0.3, 0.4) is 0 Å². The molecular weight excluding hydrogens is 663 g/mol. The summed E-state index contributed by atoms with van der Waals surface area (Å²) < 4.78 is 44.5. The Balaban J connectivity index is 0.000000389. The molecule has 0 spiro atoms. The third-order valence-electron chi connectivity index (χ3n) is 7.08. The molecule has 0 bridgehead atoms. The summed E-state index contributed by atoms with van der Waals surface area (Å²) in [5, 5.41) is 2.73. The van der Waals surface area contributed by atoms with E-state index in [1.165, 1.54) is 6.07 Å². The maximum absolute atomic E-state index is 13.2. The Morgan fingerprint density at radius 2 is 1.61 bits per heavy atom. The normalized spacial score (nSPS) is 12.3. The molecule has 3 N–H and O–H groups in total. The largest absolute Gasteiger partial charge is 0.488 e. The van der Waals surface area contributed by atoms with Gasteiger partial charge < -0.3 is 39.5 Å². The average molecular weight is 721 g/mol. The Bertz CT molecular complexity index is 1310. The van der Waals surface area contributed by atoms with Gasteiger partial charge in [-0.1, -0.05) is 18.2 Å². The van der Waals surface area contributed by atoms with Crippen molar-refractivity contribution in [2.45, 2.75) is 78.2 Å². The molecule has 13 nitrogen and oxygen atoms in total. The average Bonchev–Trinajstić information content (AvgIpc) is 3.09. The number of hydrogen-bond acceptors (Lipinski definition) is 11. The molecule has 0 aliphatic carbocycles. The van der Waals surface area contributed by atoms with E-state index < -0.39 is 5.60 Å². The number of hydrogen-bond donors (Lipinski definition) is 2. The number of para-hydroxylation sites is 1. The number of pyridine rings is 1. The first-order valence-electron chi connectivity index (χ1n) is 17.8. The van der Waals surface area contributed by atoms with Gasteiger partial charge in [-0.2, -0.15) is 0 Å². The zero-order valence-electron chi connectivity index (χ0n) is 30.7. The van der Waals surface area contributed by atoms with Crippen LogP contribution in [0.5, 0.6) is 5.75 Å². The molecule has 0 unspecified atom stereocenters. The molecule has 1 aromatic carbocycles. The van der Waals surface area contributed by atoms with Gasteiger partial charge in [-0.25, -0.2) is 14.2 Å². The minimum atomic E-state index is -0.552. The van der Waals surface area contributed by atoms with Crippen LogP contribution in [-0.4, -0.2) is 101 Å². The van der Waals surface area contributed by atoms with Crippen molar-refractivity contribution in [1.29, 1.82) is 0 Å². The number of nitrogens with two attached hydrogens (primary N) is 1. The molecule has 14 heteroatoms. The highest BCUT2D eigenvalue weighted by Crippen LogP contribution is 2.27. The second-order valence-corrected chi connectivity index (χ2v) is 12.5. The summed E-state index contributed by atoms with van der Waals surface area (Å²) in [7, 11) is 0. The number of halogens is 1. The van der Waals surface area contributed by atoms with Crippen molar-refractivity contribution in [3.63, 3.8) is 0 Å². The smallest absolute Gasteiger partial charge is 0.416 e. The van der Waals surface area contributed by atoms with Gasteiger partial charge in [0, 0.05) is 31.7 Å². The van der Waals surface area contributed by atoms with Crippen molar-refractivity contribution in [3.8, 4) is 5.75 Å². The van der Waals surface area contributed by atoms with E-state index in [1.807, 2.05) is 32.9 Å². The maximum Gasteiger partial charge on any atom is 0.416 e. The number of aromatic nitrogens is 1. The first-order valence-corrected chi connectivity index (χ1v) is 17.8. The van der Waals surface area contributed by atoms with Crippen molar-refractivity contribution in [2.24, 2.45) is 5.73 Å². The maximum atomic E-state index is 13.2. The van der Waals surface area contributed by atoms with Crippen LogP contribution in [0.15, 0.2) is 36.4 Å². The van der Waals surface area contributed by atoms with E-state index in [2.05, 4.69) is 5.32 Å². The molecule has 51 heavy (non-hydrogen) atoms. The number of anilines is 1. The second kappa shape index (κ2) is 25.2. The summed E-state index contributed by atoms with van der Waals surface area (Å²) in [5.74, 6) is 0.188. The third-order valence-corrected chi connectivity index (χ3v) is 7.08. The summed E-state index contributed by atoms with van der Waals surface area (Å²) in [6.45, 7) is 12.3. The summed E-state index contributed by atoms with van der Waals surface area (Å²) in [6.07, 6.45) is 4.27. The van der Waals surface area contributed by atoms with E-state index in [1.54, 1.807) is 30.0 Å². The van der Waals surface area contributed by atoms with E-state index in [4.69, 9.17) is 39.1 Å². The predicted octanol–water partition coefficient (Wildman–Crippen LogP) is 4.76. The number of amides is 2. The molecule has 1 aliphatic heterocycles. The molecular formula is C37H57FN4O9. The number of carbonyl (C=O) groups is 3. The monoisotopic (exact) mass is 720 g/mol. The van der Waals surface area contributed by atoms with E-state index in [0.717, 1.165) is 43.4 Å². The van der Waals surface area contributed by atoms with Gasteiger partial charge in [-0.05, 0) is 83.6 Å². The van der Waals surface area contributed by atoms with Gasteiger partial charge in [0.15, 0.2) is 11.6 Å². The van der Waals surface area contributed by atoms with Crippen molar-refractivity contribution < 1.29 is 47.2 Å². The summed E-state index contributed by atoms with van der Waals surface area (Å²) in [4.78, 5) is 42.1. The van der Waals surface area contributed by atoms with Gasteiger partial charge in [0.25, 0.3) is 0 Å². The van der Waals surface area contributed by atoms with Crippen LogP contribution in [-0.2, 0) is 46.1 Å². The molecule has 2 heterocycles. The van der Waals surface area contributed by atoms with Crippen LogP contribution >= 0.6 is 0 Å². The highest BCUT2D eigenvalue weighted by Gasteiger charge is 2.28. The zero-order chi connectivity index (χ0) is 37.3. The lowest BCUT2D eigenvalue weighted by atomic mass is 10.0. The molecule has 2 aromatic rings. The molecule has 3 rings (SSSR count). The fourth-order valence-corrected chi connectivity index (χ4v) is 4.73. The summed E-state index contributed by atoms with van der Waals surface area (Å²) >= 11 is 0. The number of nitrogens with one attached hydrogen (secondary N) is 1. The molecule has 0 saturated heterocycles. The van der Waals surface area contributed by atoms with E-state index in [9.17, 15) is 18.8 Å². The number of rotatable bonds is 21. The minimum absolute atomic E-state index is 0.0706. The minimum Gasteiger partial charge on any atom is -0.488 e. The van der Waals surface area contributed by atoms with E-state index in [0.29, 0.717) is 84.7 Å². The van der Waals surface area contributed by atoms with Gasteiger partial charge in [-0.15, -0.1) is 0 Å². The number of unbranched alkanes of at least 4 members (excludes halogenated alkanes) is 1. The van der Waals surface area contributed by atoms with Gasteiger partial charge in [0.1, 0.15) is 18.0 Å². The number of nitrogens with zero attached hydrogens (tertiary/aromatic N) is 2. The summed E-state index contributed by atoms with van der Waals surface area (Å²) in [6, 6.07) is 10.3. The van der Waals surface area contributed by atoms with Crippen LogP contribution in [0.1, 0.15) is 71.1 Å². The second-order valence-electron chi connectivity index (χ2n) is 12.5. The first kappa shape index (κ1) is 43.3. The fourth-order valence-electron chi connectivity index (χ4n) is 4.73. The molecule has 0 atom stereocenters. The quantitative estimate of drug-likeness (QED) is 0.135. The van der Waals surface area contributed by atoms with Crippen molar-refractivity contribution in [1.82, 2.24) is 10.3 Å². The molecule has 0 fully saturated rings. The van der Waals surface area contributed by atoms with Gasteiger partial charge >= 0.3 is 12.1 Å². The van der Waals surface area contributed by atoms with Crippen molar-refractivity contribution >= 4 is 23.8 Å². The predicted molar refractivity (Wildman–Crippen MR) is 191 cm³/mol. The molecule has 0 radical (unpaired) electrons. The number of aryl methyl sites for hydroxylation is 2. The van der Waals surface area contributed by atoms with Crippen LogP contribution in [0.25, 0.3) is 0 Å². The SMILES string of the molecule is CCOC(=O)CCNC(=O)CCCCc1ccc2c(n1)N(C(=O)OC(C)(C)C)CCC2.NCCOCCOCCOCCOc1ccccc1F. The Labute approximate surface area is 301 Å². The number of fused-ring (bicyclic) bond motifs is 1. The summed E-state index contributed by atoms with van der Waals surface area (Å²) in [5.41, 5.74) is 6.67. The van der Waals surface area contributed by atoms with Gasteiger partial charge in [0.05, 0.1) is 52.7 Å². The fraction of sp³-hybridized carbons (Fsp3) is 0.622. The lowest BCUT2D eigenvalue weighted by Crippen LogP contribution is -2.40. The van der Waals surface area contributed by atoms with E-state index in [-0.39, 0.29) is 36.0 Å². The first-order chi connectivity index (χ1) is 24.5. The van der Waals surface area contributed by atoms with Gasteiger partial charge in [0.2, 0.25) is 5.91 Å². The Kier molecular flexibility index (Phi) is 21.4. The molecule has 286 valence electrons. The molecule has 1 aromatic heterocycles. The third kappa shape index (κ3) is 19.4. The zero-order valence-corrected chi connectivity index (χ0v) is 30.7. The van der Waals surface area contributed by atoms with Crippen LogP contribution in [0.4, 0.5) is 15.0 Å². The van der Waals surface area contributed by atoms with Crippen LogP contribution in [0.2, 0.25) is 0 Å². The van der Waals surface area contributed by atoms with E-state index >= 15 is 0 Å². The molecule has 1 aliphatic rings.